The van der Waals surface area contributed by atoms with Crippen molar-refractivity contribution in [3.05, 3.63) is 27.2 Å². The molecule has 1 rings (SSSR count). The second-order valence-corrected chi connectivity index (χ2v) is 5.06. The number of rotatable bonds is 3. The van der Waals surface area contributed by atoms with Gasteiger partial charge in [0, 0.05) is 0 Å². The van der Waals surface area contributed by atoms with Crippen molar-refractivity contribution in [3.63, 3.8) is 0 Å². The van der Waals surface area contributed by atoms with Crippen molar-refractivity contribution in [3.8, 4) is 0 Å². The minimum Gasteiger partial charge on any atom is -0.311 e. The Morgan fingerprint density at radius 3 is 2.13 bits per heavy atom. The summed E-state index contributed by atoms with van der Waals surface area (Å²) in [6, 6.07) is 2.70. The molecule has 1 aromatic carbocycles. The smallest absolute Gasteiger partial charge is 0.311 e. The molecule has 0 aliphatic carbocycles. The number of hydrogen-bond donors (Lipinski definition) is 4. The first-order valence-electron chi connectivity index (χ1n) is 3.53. The summed E-state index contributed by atoms with van der Waals surface area (Å²) in [4.78, 5) is 17.1. The third-order valence-electron chi connectivity index (χ3n) is 1.35. The van der Waals surface area contributed by atoms with Crippen molar-refractivity contribution in [1.82, 2.24) is 5.20 Å². The van der Waals surface area contributed by atoms with Gasteiger partial charge < -0.3 is 15.2 Å². The lowest BCUT2D eigenvalue weighted by atomic mass is 10.3. The SMILES string of the molecule is O=P(O)(O)NNc1cc(Cl)c(Cl)cc1Cl. The predicted molar refractivity (Wildman–Crippen MR) is 60.3 cm³/mol. The van der Waals surface area contributed by atoms with E-state index >= 15 is 0 Å². The molecule has 84 valence electrons. The summed E-state index contributed by atoms with van der Waals surface area (Å²) in [6.07, 6.45) is 0. The quantitative estimate of drug-likeness (QED) is 0.391. The van der Waals surface area contributed by atoms with Crippen LogP contribution in [0.15, 0.2) is 12.1 Å². The zero-order valence-corrected chi connectivity index (χ0v) is 10.2. The van der Waals surface area contributed by atoms with E-state index in [2.05, 4.69) is 5.43 Å². The van der Waals surface area contributed by atoms with Gasteiger partial charge in [-0.05, 0) is 12.1 Å². The molecule has 0 heterocycles. The molecule has 0 aliphatic heterocycles. The fourth-order valence-electron chi connectivity index (χ4n) is 0.751. The van der Waals surface area contributed by atoms with Gasteiger partial charge >= 0.3 is 7.75 Å². The highest BCUT2D eigenvalue weighted by molar-refractivity contribution is 7.49. The van der Waals surface area contributed by atoms with Gasteiger partial charge in [-0.25, -0.2) is 4.57 Å². The van der Waals surface area contributed by atoms with E-state index in [1.165, 1.54) is 12.1 Å². The van der Waals surface area contributed by atoms with Crippen LogP contribution < -0.4 is 10.6 Å². The molecule has 0 atom stereocenters. The fraction of sp³-hybridized carbons (Fsp3) is 0. The highest BCUT2D eigenvalue weighted by Crippen LogP contribution is 2.34. The Labute approximate surface area is 101 Å². The summed E-state index contributed by atoms with van der Waals surface area (Å²) >= 11 is 17.1. The van der Waals surface area contributed by atoms with Crippen molar-refractivity contribution in [2.24, 2.45) is 0 Å². The van der Waals surface area contributed by atoms with Crippen molar-refractivity contribution in [2.45, 2.75) is 0 Å². The third-order valence-corrected chi connectivity index (χ3v) is 2.78. The molecule has 0 unspecified atom stereocenters. The lowest BCUT2D eigenvalue weighted by Crippen LogP contribution is -2.17. The van der Waals surface area contributed by atoms with Gasteiger partial charge in [-0.2, -0.15) is 0 Å². The summed E-state index contributed by atoms with van der Waals surface area (Å²) in [6.45, 7) is 0. The van der Waals surface area contributed by atoms with Gasteiger partial charge in [-0.15, -0.1) is 5.20 Å². The van der Waals surface area contributed by atoms with E-state index in [4.69, 9.17) is 44.6 Å². The average molecular weight is 291 g/mol. The van der Waals surface area contributed by atoms with Crippen molar-refractivity contribution >= 4 is 48.2 Å². The first-order valence-corrected chi connectivity index (χ1v) is 6.27. The molecule has 9 heteroatoms. The lowest BCUT2D eigenvalue weighted by molar-refractivity contribution is 0.362. The van der Waals surface area contributed by atoms with Crippen LogP contribution in [0, 0.1) is 0 Å². The second-order valence-electron chi connectivity index (χ2n) is 2.53. The molecule has 0 bridgehead atoms. The zero-order chi connectivity index (χ0) is 11.6. The molecule has 5 nitrogen and oxygen atoms in total. The van der Waals surface area contributed by atoms with E-state index < -0.39 is 7.75 Å². The Balaban J connectivity index is 2.87. The highest BCUT2D eigenvalue weighted by atomic mass is 35.5. The molecule has 0 spiro atoms. The summed E-state index contributed by atoms with van der Waals surface area (Å²) in [5.41, 5.74) is 2.45. The van der Waals surface area contributed by atoms with E-state index in [9.17, 15) is 4.57 Å². The maximum absolute atomic E-state index is 10.5. The molecular weight excluding hydrogens is 285 g/mol. The Bertz CT molecular complexity index is 422. The number of benzene rings is 1. The molecule has 0 fully saturated rings. The van der Waals surface area contributed by atoms with E-state index in [0.29, 0.717) is 0 Å². The maximum atomic E-state index is 10.5. The molecule has 0 saturated heterocycles. The van der Waals surface area contributed by atoms with Crippen LogP contribution in [0.5, 0.6) is 0 Å². The number of halogens is 3. The maximum Gasteiger partial charge on any atom is 0.417 e. The monoisotopic (exact) mass is 290 g/mol. The minimum absolute atomic E-state index is 0.186. The summed E-state index contributed by atoms with van der Waals surface area (Å²) in [5, 5.41) is 2.41. The molecule has 0 radical (unpaired) electrons. The standard InChI is InChI=1S/C6H6Cl3N2O3P/c7-3-1-5(9)6(2-4(3)8)10-11-15(12,13)14/h1-2,10H,(H3,11,12,13,14). The van der Waals surface area contributed by atoms with E-state index in [-0.39, 0.29) is 20.8 Å². The van der Waals surface area contributed by atoms with E-state index in [0.717, 1.165) is 0 Å². The number of nitrogens with one attached hydrogen (secondary N) is 2. The molecule has 1 aromatic rings. The van der Waals surface area contributed by atoms with Gasteiger partial charge in [0.05, 0.1) is 20.8 Å². The first-order chi connectivity index (χ1) is 6.79. The number of anilines is 1. The van der Waals surface area contributed by atoms with E-state index in [1.807, 2.05) is 0 Å². The van der Waals surface area contributed by atoms with Gasteiger partial charge in [-0.3, -0.25) is 0 Å². The van der Waals surface area contributed by atoms with Crippen molar-refractivity contribution in [1.29, 1.82) is 0 Å². The number of hydrogen-bond acceptors (Lipinski definition) is 2. The van der Waals surface area contributed by atoms with Crippen LogP contribution >= 0.6 is 42.5 Å². The van der Waals surface area contributed by atoms with Gasteiger partial charge in [0.2, 0.25) is 0 Å². The normalized spacial score (nSPS) is 11.5. The average Bonchev–Trinajstić information content (AvgIpc) is 2.07. The molecular formula is C6H6Cl3N2O3P. The Morgan fingerprint density at radius 2 is 1.60 bits per heavy atom. The van der Waals surface area contributed by atoms with Gasteiger partial charge in [0.25, 0.3) is 0 Å². The minimum atomic E-state index is -4.37. The van der Waals surface area contributed by atoms with Crippen LogP contribution in [0.3, 0.4) is 0 Å². The fourth-order valence-corrected chi connectivity index (χ4v) is 1.61. The largest absolute Gasteiger partial charge is 0.417 e. The summed E-state index contributed by atoms with van der Waals surface area (Å²) < 4.78 is 10.5. The Kier molecular flexibility index (Phi) is 4.26. The van der Waals surface area contributed by atoms with Gasteiger partial charge in [0.15, 0.2) is 0 Å². The molecule has 0 aromatic heterocycles. The number of hydrazine groups is 1. The predicted octanol–water partition coefficient (Wildman–Crippen LogP) is 2.66. The Hall–Kier alpha value is -0.000000000000000167. The molecule has 0 amide bonds. The summed E-state index contributed by atoms with van der Waals surface area (Å²) in [5.74, 6) is 0. The van der Waals surface area contributed by atoms with Crippen molar-refractivity contribution < 1.29 is 14.4 Å². The lowest BCUT2D eigenvalue weighted by Gasteiger charge is -2.11. The third kappa shape index (κ3) is 4.17. The van der Waals surface area contributed by atoms with Crippen LogP contribution in [0.4, 0.5) is 5.69 Å². The highest BCUT2D eigenvalue weighted by Gasteiger charge is 2.13. The van der Waals surface area contributed by atoms with E-state index in [1.54, 1.807) is 5.20 Å². The molecule has 15 heavy (non-hydrogen) atoms. The molecule has 0 aliphatic rings. The zero-order valence-electron chi connectivity index (χ0n) is 7.04. The van der Waals surface area contributed by atoms with Crippen LogP contribution in [0.2, 0.25) is 15.1 Å². The van der Waals surface area contributed by atoms with Crippen LogP contribution in [-0.4, -0.2) is 9.79 Å². The van der Waals surface area contributed by atoms with Crippen LogP contribution in [-0.2, 0) is 4.57 Å². The van der Waals surface area contributed by atoms with Crippen molar-refractivity contribution in [2.75, 3.05) is 5.43 Å². The van der Waals surface area contributed by atoms with Gasteiger partial charge in [-0.1, -0.05) is 34.8 Å². The summed E-state index contributed by atoms with van der Waals surface area (Å²) in [7, 11) is -4.37. The molecule has 0 saturated carbocycles. The topological polar surface area (TPSA) is 81.6 Å². The first kappa shape index (κ1) is 13.1. The van der Waals surface area contributed by atoms with Gasteiger partial charge in [0.1, 0.15) is 0 Å². The Morgan fingerprint density at radius 1 is 1.07 bits per heavy atom. The molecule has 4 N–H and O–H groups in total. The second kappa shape index (κ2) is 4.89. The van der Waals surface area contributed by atoms with Crippen LogP contribution in [0.25, 0.3) is 0 Å². The van der Waals surface area contributed by atoms with Crippen LogP contribution in [0.1, 0.15) is 0 Å².